The molecule has 1 heterocycles. The number of nitrogens with zero attached hydrogens (tertiary/aromatic N) is 1. The highest BCUT2D eigenvalue weighted by atomic mass is 17.1. The van der Waals surface area contributed by atoms with E-state index in [4.69, 9.17) is 5.26 Å². The Labute approximate surface area is 75.5 Å². The first kappa shape index (κ1) is 8.16. The van der Waals surface area contributed by atoms with Gasteiger partial charge in [0.05, 0.1) is 5.52 Å². The van der Waals surface area contributed by atoms with Crippen LogP contribution in [0, 0.1) is 0 Å². The van der Waals surface area contributed by atoms with Crippen molar-refractivity contribution >= 4 is 10.9 Å². The summed E-state index contributed by atoms with van der Waals surface area (Å²) >= 11 is 0. The molecule has 0 spiro atoms. The third kappa shape index (κ3) is 1.66. The monoisotopic (exact) mass is 175 g/mol. The van der Waals surface area contributed by atoms with Crippen LogP contribution in [0.2, 0.25) is 0 Å². The molecule has 1 aromatic heterocycles. The Morgan fingerprint density at radius 2 is 2.23 bits per heavy atom. The molecule has 0 bridgehead atoms. The number of aromatic nitrogens is 1. The molecular weight excluding hydrogens is 166 g/mol. The van der Waals surface area contributed by atoms with Crippen molar-refractivity contribution in [3.8, 4) is 0 Å². The standard InChI is InChI=1S/C10H9NO2/c12-13-7-8-3-4-10-9(6-8)2-1-5-11-10/h1-6,12H,7H2. The zero-order valence-corrected chi connectivity index (χ0v) is 6.97. The van der Waals surface area contributed by atoms with Gasteiger partial charge in [0, 0.05) is 11.6 Å². The van der Waals surface area contributed by atoms with Crippen molar-refractivity contribution in [3.63, 3.8) is 0 Å². The summed E-state index contributed by atoms with van der Waals surface area (Å²) in [7, 11) is 0. The van der Waals surface area contributed by atoms with E-state index in [1.54, 1.807) is 6.20 Å². The van der Waals surface area contributed by atoms with E-state index >= 15 is 0 Å². The first-order valence-corrected chi connectivity index (χ1v) is 4.00. The van der Waals surface area contributed by atoms with E-state index in [1.807, 2.05) is 30.3 Å². The lowest BCUT2D eigenvalue weighted by molar-refractivity contribution is -0.252. The van der Waals surface area contributed by atoms with Gasteiger partial charge in [-0.2, -0.15) is 0 Å². The Morgan fingerprint density at radius 3 is 3.08 bits per heavy atom. The van der Waals surface area contributed by atoms with Gasteiger partial charge in [-0.15, -0.1) is 0 Å². The molecular formula is C10H9NO2. The molecule has 0 fully saturated rings. The van der Waals surface area contributed by atoms with Crippen LogP contribution in [0.15, 0.2) is 36.5 Å². The van der Waals surface area contributed by atoms with E-state index in [1.165, 1.54) is 0 Å². The molecule has 2 aromatic rings. The highest BCUT2D eigenvalue weighted by Gasteiger charge is 1.96. The Kier molecular flexibility index (Phi) is 2.21. The van der Waals surface area contributed by atoms with E-state index in [0.717, 1.165) is 16.5 Å². The molecule has 13 heavy (non-hydrogen) atoms. The lowest BCUT2D eigenvalue weighted by Gasteiger charge is -2.00. The molecule has 0 saturated heterocycles. The van der Waals surface area contributed by atoms with Gasteiger partial charge in [0.25, 0.3) is 0 Å². The largest absolute Gasteiger partial charge is 0.256 e. The summed E-state index contributed by atoms with van der Waals surface area (Å²) in [6.07, 6.45) is 1.75. The van der Waals surface area contributed by atoms with Crippen LogP contribution in [-0.4, -0.2) is 10.2 Å². The highest BCUT2D eigenvalue weighted by molar-refractivity contribution is 5.78. The second-order valence-corrected chi connectivity index (χ2v) is 2.80. The van der Waals surface area contributed by atoms with E-state index < -0.39 is 0 Å². The van der Waals surface area contributed by atoms with Crippen LogP contribution in [-0.2, 0) is 11.5 Å². The van der Waals surface area contributed by atoms with Crippen molar-refractivity contribution in [2.75, 3.05) is 0 Å². The Hall–Kier alpha value is -1.45. The maximum Gasteiger partial charge on any atom is 0.107 e. The predicted octanol–water partition coefficient (Wildman–Crippen LogP) is 2.22. The lowest BCUT2D eigenvalue weighted by atomic mass is 10.1. The Bertz CT molecular complexity index is 414. The van der Waals surface area contributed by atoms with Crippen LogP contribution in [0.3, 0.4) is 0 Å². The van der Waals surface area contributed by atoms with Crippen LogP contribution < -0.4 is 0 Å². The fourth-order valence-corrected chi connectivity index (χ4v) is 1.29. The third-order valence-electron chi connectivity index (χ3n) is 1.90. The molecule has 0 amide bonds. The zero-order chi connectivity index (χ0) is 9.10. The number of hydrogen-bond donors (Lipinski definition) is 1. The van der Waals surface area contributed by atoms with Crippen molar-refractivity contribution < 1.29 is 10.1 Å². The maximum atomic E-state index is 8.28. The van der Waals surface area contributed by atoms with Crippen LogP contribution in [0.25, 0.3) is 10.9 Å². The summed E-state index contributed by atoms with van der Waals surface area (Å²) in [5.41, 5.74) is 1.88. The van der Waals surface area contributed by atoms with Gasteiger partial charge in [-0.3, -0.25) is 10.2 Å². The zero-order valence-electron chi connectivity index (χ0n) is 6.97. The molecule has 1 aromatic carbocycles. The van der Waals surface area contributed by atoms with Gasteiger partial charge < -0.3 is 0 Å². The van der Waals surface area contributed by atoms with E-state index in [9.17, 15) is 0 Å². The number of hydrogen-bond acceptors (Lipinski definition) is 3. The first-order chi connectivity index (χ1) is 6.40. The van der Waals surface area contributed by atoms with Gasteiger partial charge in [-0.1, -0.05) is 12.1 Å². The minimum absolute atomic E-state index is 0.213. The third-order valence-corrected chi connectivity index (χ3v) is 1.90. The molecule has 0 aliphatic heterocycles. The van der Waals surface area contributed by atoms with E-state index in [0.29, 0.717) is 0 Å². The summed E-state index contributed by atoms with van der Waals surface area (Å²) in [6.45, 7) is 0.213. The molecule has 0 aliphatic carbocycles. The first-order valence-electron chi connectivity index (χ1n) is 4.00. The molecule has 3 heteroatoms. The smallest absolute Gasteiger partial charge is 0.107 e. The molecule has 3 nitrogen and oxygen atoms in total. The minimum atomic E-state index is 0.213. The summed E-state index contributed by atoms with van der Waals surface area (Å²) in [5.74, 6) is 0. The summed E-state index contributed by atoms with van der Waals surface area (Å²) in [4.78, 5) is 8.24. The predicted molar refractivity (Wildman–Crippen MR) is 49.2 cm³/mol. The second kappa shape index (κ2) is 3.51. The van der Waals surface area contributed by atoms with E-state index in [-0.39, 0.29) is 6.61 Å². The van der Waals surface area contributed by atoms with Gasteiger partial charge in [-0.25, -0.2) is 4.89 Å². The average molecular weight is 175 g/mol. The van der Waals surface area contributed by atoms with Crippen LogP contribution in [0.1, 0.15) is 5.56 Å². The maximum absolute atomic E-state index is 8.28. The molecule has 0 unspecified atom stereocenters. The Morgan fingerprint density at radius 1 is 1.31 bits per heavy atom. The normalized spacial score (nSPS) is 10.5. The second-order valence-electron chi connectivity index (χ2n) is 2.80. The number of benzene rings is 1. The van der Waals surface area contributed by atoms with Gasteiger partial charge in [-0.05, 0) is 23.8 Å². The topological polar surface area (TPSA) is 42.4 Å². The average Bonchev–Trinajstić information content (AvgIpc) is 2.18. The molecule has 0 saturated carbocycles. The van der Waals surface area contributed by atoms with Crippen molar-refractivity contribution in [3.05, 3.63) is 42.1 Å². The SMILES string of the molecule is OOCc1ccc2ncccc2c1. The lowest BCUT2D eigenvalue weighted by Crippen LogP contribution is -1.87. The Balaban J connectivity index is 2.49. The van der Waals surface area contributed by atoms with Crippen LogP contribution in [0.5, 0.6) is 0 Å². The molecule has 66 valence electrons. The van der Waals surface area contributed by atoms with Crippen LogP contribution >= 0.6 is 0 Å². The number of fused-ring (bicyclic) bond motifs is 1. The summed E-state index contributed by atoms with van der Waals surface area (Å²) < 4.78 is 0. The minimum Gasteiger partial charge on any atom is -0.256 e. The van der Waals surface area contributed by atoms with Gasteiger partial charge in [0.1, 0.15) is 6.61 Å². The fourth-order valence-electron chi connectivity index (χ4n) is 1.29. The van der Waals surface area contributed by atoms with Crippen LogP contribution in [0.4, 0.5) is 0 Å². The quantitative estimate of drug-likeness (QED) is 0.562. The molecule has 0 aliphatic rings. The van der Waals surface area contributed by atoms with E-state index in [2.05, 4.69) is 9.87 Å². The highest BCUT2D eigenvalue weighted by Crippen LogP contribution is 2.13. The van der Waals surface area contributed by atoms with Gasteiger partial charge in [0.2, 0.25) is 0 Å². The molecule has 2 rings (SSSR count). The molecule has 1 N–H and O–H groups in total. The van der Waals surface area contributed by atoms with Crippen molar-refractivity contribution in [1.29, 1.82) is 0 Å². The number of pyridine rings is 1. The van der Waals surface area contributed by atoms with Crippen molar-refractivity contribution in [2.45, 2.75) is 6.61 Å². The fraction of sp³-hybridized carbons (Fsp3) is 0.100. The summed E-state index contributed by atoms with van der Waals surface area (Å²) in [5, 5.41) is 9.33. The molecule has 0 radical (unpaired) electrons. The van der Waals surface area contributed by atoms with Gasteiger partial charge >= 0.3 is 0 Å². The number of rotatable bonds is 2. The van der Waals surface area contributed by atoms with Crippen molar-refractivity contribution in [2.24, 2.45) is 0 Å². The molecule has 0 atom stereocenters. The van der Waals surface area contributed by atoms with Gasteiger partial charge in [0.15, 0.2) is 0 Å². The summed E-state index contributed by atoms with van der Waals surface area (Å²) in [6, 6.07) is 9.59. The van der Waals surface area contributed by atoms with Crippen molar-refractivity contribution in [1.82, 2.24) is 4.98 Å².